The first-order chi connectivity index (χ1) is 11.5. The number of nitrogens with one attached hydrogen (secondary N) is 1. The Labute approximate surface area is 143 Å². The molecule has 126 valence electrons. The van der Waals surface area contributed by atoms with Gasteiger partial charge in [0.15, 0.2) is 0 Å². The molecule has 7 nitrogen and oxygen atoms in total. The van der Waals surface area contributed by atoms with E-state index in [0.717, 1.165) is 27.9 Å². The van der Waals surface area contributed by atoms with Gasteiger partial charge in [0, 0.05) is 24.8 Å². The molecular formula is C16H17N3O4S. The first-order valence-corrected chi connectivity index (χ1v) is 8.64. The number of carbonyl (C=O) groups excluding carboxylic acids is 4. The number of carbonyl (C=O) groups is 4. The Balaban J connectivity index is 1.58. The molecule has 4 amide bonds. The highest BCUT2D eigenvalue weighted by molar-refractivity contribution is 8.14. The normalized spacial score (nSPS) is 19.6. The Morgan fingerprint density at radius 3 is 2.75 bits per heavy atom. The summed E-state index contributed by atoms with van der Waals surface area (Å²) in [6.07, 6.45) is 0.712. The fourth-order valence-electron chi connectivity index (χ4n) is 2.94. The lowest BCUT2D eigenvalue weighted by Crippen LogP contribution is -2.47. The number of imide groups is 1. The predicted octanol–water partition coefficient (Wildman–Crippen LogP) is 0.776. The summed E-state index contributed by atoms with van der Waals surface area (Å²) in [6.45, 7) is 2.03. The summed E-state index contributed by atoms with van der Waals surface area (Å²) in [5, 5.41) is 2.18. The van der Waals surface area contributed by atoms with Crippen LogP contribution in [0.2, 0.25) is 0 Å². The van der Waals surface area contributed by atoms with Gasteiger partial charge < -0.3 is 10.2 Å². The van der Waals surface area contributed by atoms with Crippen LogP contribution < -0.4 is 10.2 Å². The second-order valence-corrected chi connectivity index (χ2v) is 6.64. The molecule has 8 heteroatoms. The zero-order valence-electron chi connectivity index (χ0n) is 13.2. The van der Waals surface area contributed by atoms with Crippen molar-refractivity contribution < 1.29 is 19.2 Å². The number of rotatable bonds is 3. The molecule has 1 unspecified atom stereocenters. The molecule has 24 heavy (non-hydrogen) atoms. The number of fused-ring (bicyclic) bond motifs is 1. The summed E-state index contributed by atoms with van der Waals surface area (Å²) in [4.78, 5) is 50.1. The van der Waals surface area contributed by atoms with Crippen molar-refractivity contribution in [3.8, 4) is 0 Å². The number of amides is 4. The first kappa shape index (κ1) is 16.5. The van der Waals surface area contributed by atoms with Gasteiger partial charge in [0.1, 0.15) is 0 Å². The van der Waals surface area contributed by atoms with Crippen LogP contribution in [0.15, 0.2) is 24.3 Å². The molecule has 2 heterocycles. The fourth-order valence-corrected chi connectivity index (χ4v) is 3.69. The lowest BCUT2D eigenvalue weighted by molar-refractivity contribution is -0.137. The summed E-state index contributed by atoms with van der Waals surface area (Å²) < 4.78 is 0. The number of hydrogen-bond donors (Lipinski definition) is 1. The molecule has 0 spiro atoms. The Hall–Kier alpha value is -2.35. The average Bonchev–Trinajstić information content (AvgIpc) is 3.06. The van der Waals surface area contributed by atoms with E-state index in [-0.39, 0.29) is 36.0 Å². The number of hydrogen-bond acceptors (Lipinski definition) is 5. The van der Waals surface area contributed by atoms with Gasteiger partial charge in [-0.05, 0) is 25.0 Å². The van der Waals surface area contributed by atoms with Crippen molar-refractivity contribution in [1.29, 1.82) is 0 Å². The number of nitrogens with zero attached hydrogens (tertiary/aromatic N) is 2. The van der Waals surface area contributed by atoms with Gasteiger partial charge >= 0.3 is 11.8 Å². The molecule has 0 saturated carbocycles. The number of para-hydroxylation sites is 1. The van der Waals surface area contributed by atoms with Crippen molar-refractivity contribution >= 4 is 40.4 Å². The van der Waals surface area contributed by atoms with Crippen LogP contribution in [0.5, 0.6) is 0 Å². The number of thioether (sulfide) groups is 1. The maximum absolute atomic E-state index is 12.4. The van der Waals surface area contributed by atoms with E-state index in [2.05, 4.69) is 5.32 Å². The second kappa shape index (κ2) is 6.64. The van der Waals surface area contributed by atoms with Crippen LogP contribution in [-0.4, -0.2) is 52.7 Å². The molecule has 2 aliphatic heterocycles. The molecule has 1 aromatic rings. The third kappa shape index (κ3) is 3.01. The smallest absolute Gasteiger partial charge is 0.316 e. The minimum atomic E-state index is -0.731. The Bertz CT molecular complexity index is 705. The molecule has 0 bridgehead atoms. The summed E-state index contributed by atoms with van der Waals surface area (Å²) in [5.74, 6) is -1.49. The molecule has 0 radical (unpaired) electrons. The summed E-state index contributed by atoms with van der Waals surface area (Å²) in [6, 6.07) is 7.42. The Morgan fingerprint density at radius 2 is 2.04 bits per heavy atom. The van der Waals surface area contributed by atoms with Crippen molar-refractivity contribution in [2.45, 2.75) is 19.4 Å². The average molecular weight is 347 g/mol. The van der Waals surface area contributed by atoms with Gasteiger partial charge in [-0.1, -0.05) is 30.0 Å². The largest absolute Gasteiger partial charge is 0.346 e. The van der Waals surface area contributed by atoms with Gasteiger partial charge in [0.25, 0.3) is 5.24 Å². The van der Waals surface area contributed by atoms with Crippen LogP contribution in [-0.2, 0) is 20.8 Å². The summed E-state index contributed by atoms with van der Waals surface area (Å²) >= 11 is 0.941. The van der Waals surface area contributed by atoms with Crippen LogP contribution in [0, 0.1) is 0 Å². The Kier molecular flexibility index (Phi) is 4.57. The topological polar surface area (TPSA) is 86.8 Å². The molecule has 0 aromatic heterocycles. The molecule has 3 rings (SSSR count). The maximum atomic E-state index is 12.4. The Morgan fingerprint density at radius 1 is 1.29 bits per heavy atom. The predicted molar refractivity (Wildman–Crippen MR) is 89.7 cm³/mol. The van der Waals surface area contributed by atoms with E-state index in [9.17, 15) is 19.2 Å². The van der Waals surface area contributed by atoms with Crippen LogP contribution >= 0.6 is 11.8 Å². The standard InChI is InChI=1S/C16H17N3O4S/c1-10-8-11-4-2-3-5-12(11)19(10)15(22)14(21)17-6-7-18-13(20)9-24-16(18)23/h2-5,10H,6-9H2,1H3,(H,17,21). The van der Waals surface area contributed by atoms with Gasteiger partial charge in [-0.3, -0.25) is 24.1 Å². The van der Waals surface area contributed by atoms with E-state index in [1.165, 1.54) is 4.90 Å². The van der Waals surface area contributed by atoms with Crippen LogP contribution in [0.1, 0.15) is 12.5 Å². The molecular weight excluding hydrogens is 330 g/mol. The van der Waals surface area contributed by atoms with E-state index in [0.29, 0.717) is 6.42 Å². The molecule has 2 aliphatic rings. The number of benzene rings is 1. The third-order valence-corrected chi connectivity index (χ3v) is 4.94. The SMILES string of the molecule is CC1Cc2ccccc2N1C(=O)C(=O)NCCN1C(=O)CSC1=O. The van der Waals surface area contributed by atoms with Crippen molar-refractivity contribution in [2.24, 2.45) is 0 Å². The molecule has 1 fully saturated rings. The minimum Gasteiger partial charge on any atom is -0.346 e. The highest BCUT2D eigenvalue weighted by Gasteiger charge is 2.34. The first-order valence-electron chi connectivity index (χ1n) is 7.65. The zero-order chi connectivity index (χ0) is 17.3. The van der Waals surface area contributed by atoms with Gasteiger partial charge in [-0.2, -0.15) is 0 Å². The molecule has 1 saturated heterocycles. The molecule has 1 N–H and O–H groups in total. The van der Waals surface area contributed by atoms with Crippen molar-refractivity contribution in [2.75, 3.05) is 23.7 Å². The number of anilines is 1. The van der Waals surface area contributed by atoms with E-state index >= 15 is 0 Å². The highest BCUT2D eigenvalue weighted by Crippen LogP contribution is 2.31. The molecule has 1 atom stereocenters. The van der Waals surface area contributed by atoms with Gasteiger partial charge in [-0.15, -0.1) is 0 Å². The zero-order valence-corrected chi connectivity index (χ0v) is 14.0. The second-order valence-electron chi connectivity index (χ2n) is 5.71. The van der Waals surface area contributed by atoms with Gasteiger partial charge in [0.05, 0.1) is 5.75 Å². The monoisotopic (exact) mass is 347 g/mol. The van der Waals surface area contributed by atoms with Crippen molar-refractivity contribution in [1.82, 2.24) is 10.2 Å². The molecule has 0 aliphatic carbocycles. The van der Waals surface area contributed by atoms with Crippen molar-refractivity contribution in [3.05, 3.63) is 29.8 Å². The quantitative estimate of drug-likeness (QED) is 0.817. The highest BCUT2D eigenvalue weighted by atomic mass is 32.2. The third-order valence-electron chi connectivity index (χ3n) is 4.08. The maximum Gasteiger partial charge on any atom is 0.316 e. The van der Waals surface area contributed by atoms with Gasteiger partial charge in [0.2, 0.25) is 5.91 Å². The van der Waals surface area contributed by atoms with E-state index in [1.807, 2.05) is 31.2 Å². The lowest BCUT2D eigenvalue weighted by atomic mass is 10.1. The van der Waals surface area contributed by atoms with Crippen LogP contribution in [0.25, 0.3) is 0 Å². The molecule has 1 aromatic carbocycles. The lowest BCUT2D eigenvalue weighted by Gasteiger charge is -2.22. The minimum absolute atomic E-state index is 0.0620. The van der Waals surface area contributed by atoms with Crippen LogP contribution in [0.3, 0.4) is 0 Å². The van der Waals surface area contributed by atoms with E-state index in [4.69, 9.17) is 0 Å². The van der Waals surface area contributed by atoms with Crippen molar-refractivity contribution in [3.63, 3.8) is 0 Å². The van der Waals surface area contributed by atoms with E-state index < -0.39 is 11.8 Å². The van der Waals surface area contributed by atoms with Crippen LogP contribution in [0.4, 0.5) is 10.5 Å². The van der Waals surface area contributed by atoms with Gasteiger partial charge in [-0.25, -0.2) is 0 Å². The van der Waals surface area contributed by atoms with E-state index in [1.54, 1.807) is 0 Å². The fraction of sp³-hybridized carbons (Fsp3) is 0.375. The summed E-state index contributed by atoms with van der Waals surface area (Å²) in [5.41, 5.74) is 1.79. The summed E-state index contributed by atoms with van der Waals surface area (Å²) in [7, 11) is 0.